The Morgan fingerprint density at radius 1 is 1.35 bits per heavy atom. The third-order valence-corrected chi connectivity index (χ3v) is 3.47. The van der Waals surface area contributed by atoms with E-state index in [1.54, 1.807) is 6.92 Å². The number of carboxylic acids is 1. The summed E-state index contributed by atoms with van der Waals surface area (Å²) < 4.78 is 0. The Morgan fingerprint density at radius 2 is 1.95 bits per heavy atom. The summed E-state index contributed by atoms with van der Waals surface area (Å²) in [5, 5.41) is 22.2. The number of carbonyl (C=O) groups is 1. The fourth-order valence-corrected chi connectivity index (χ4v) is 2.17. The molecule has 0 spiro atoms. The van der Waals surface area contributed by atoms with Crippen molar-refractivity contribution in [3.8, 4) is 0 Å². The van der Waals surface area contributed by atoms with E-state index in [1.807, 2.05) is 31.2 Å². The summed E-state index contributed by atoms with van der Waals surface area (Å²) in [6, 6.07) is 7.55. The standard InChI is InChI=1S/C16H25NO3/c1-4-9-16(3,20)11-17-10-13-5-7-14(8-6-13)12(2)15(18)19/h5-8,12,17,20H,4,9-11H2,1-3H3,(H,18,19). The molecule has 0 radical (unpaired) electrons. The maximum atomic E-state index is 10.9. The van der Waals surface area contributed by atoms with Crippen LogP contribution in [0.1, 0.15) is 50.7 Å². The molecule has 0 aliphatic rings. The lowest BCUT2D eigenvalue weighted by atomic mass is 9.99. The van der Waals surface area contributed by atoms with Crippen LogP contribution in [-0.4, -0.2) is 28.3 Å². The molecule has 0 aromatic heterocycles. The molecule has 0 amide bonds. The van der Waals surface area contributed by atoms with Crippen LogP contribution in [0.25, 0.3) is 0 Å². The Labute approximate surface area is 120 Å². The van der Waals surface area contributed by atoms with Crippen LogP contribution in [0.3, 0.4) is 0 Å². The van der Waals surface area contributed by atoms with Crippen LogP contribution in [0.4, 0.5) is 0 Å². The molecule has 3 N–H and O–H groups in total. The van der Waals surface area contributed by atoms with Crippen LogP contribution in [0.2, 0.25) is 0 Å². The minimum Gasteiger partial charge on any atom is -0.481 e. The van der Waals surface area contributed by atoms with Gasteiger partial charge in [0.25, 0.3) is 0 Å². The molecule has 4 heteroatoms. The molecule has 0 saturated carbocycles. The van der Waals surface area contributed by atoms with Gasteiger partial charge in [0.05, 0.1) is 11.5 Å². The Morgan fingerprint density at radius 3 is 2.45 bits per heavy atom. The van der Waals surface area contributed by atoms with E-state index in [0.717, 1.165) is 24.0 Å². The number of benzene rings is 1. The first-order valence-electron chi connectivity index (χ1n) is 7.10. The number of hydrogen-bond donors (Lipinski definition) is 3. The number of nitrogens with one attached hydrogen (secondary N) is 1. The third kappa shape index (κ3) is 5.31. The van der Waals surface area contributed by atoms with Gasteiger partial charge in [-0.1, -0.05) is 37.6 Å². The van der Waals surface area contributed by atoms with Crippen molar-refractivity contribution in [2.75, 3.05) is 6.54 Å². The largest absolute Gasteiger partial charge is 0.481 e. The average molecular weight is 279 g/mol. The van der Waals surface area contributed by atoms with Crippen molar-refractivity contribution in [2.45, 2.75) is 51.7 Å². The molecule has 0 aliphatic carbocycles. The van der Waals surface area contributed by atoms with E-state index in [0.29, 0.717) is 13.1 Å². The number of hydrogen-bond acceptors (Lipinski definition) is 3. The minimum atomic E-state index is -0.813. The monoisotopic (exact) mass is 279 g/mol. The summed E-state index contributed by atoms with van der Waals surface area (Å²) in [5.74, 6) is -1.30. The van der Waals surface area contributed by atoms with Crippen molar-refractivity contribution in [1.29, 1.82) is 0 Å². The summed E-state index contributed by atoms with van der Waals surface area (Å²) in [7, 11) is 0. The highest BCUT2D eigenvalue weighted by Gasteiger charge is 2.18. The number of carboxylic acid groups (broad SMARTS) is 1. The zero-order valence-corrected chi connectivity index (χ0v) is 12.5. The lowest BCUT2D eigenvalue weighted by Gasteiger charge is -2.23. The van der Waals surface area contributed by atoms with E-state index < -0.39 is 17.5 Å². The fraction of sp³-hybridized carbons (Fsp3) is 0.562. The first kappa shape index (κ1) is 16.7. The molecule has 4 nitrogen and oxygen atoms in total. The van der Waals surface area contributed by atoms with Crippen LogP contribution >= 0.6 is 0 Å². The van der Waals surface area contributed by atoms with Crippen molar-refractivity contribution in [3.63, 3.8) is 0 Å². The van der Waals surface area contributed by atoms with Gasteiger partial charge in [0.2, 0.25) is 0 Å². The predicted octanol–water partition coefficient (Wildman–Crippen LogP) is 2.52. The summed E-state index contributed by atoms with van der Waals surface area (Å²) in [6.45, 7) is 6.78. The molecule has 1 rings (SSSR count). The summed E-state index contributed by atoms with van der Waals surface area (Å²) in [6.07, 6.45) is 1.73. The van der Waals surface area contributed by atoms with Gasteiger partial charge < -0.3 is 15.5 Å². The summed E-state index contributed by atoms with van der Waals surface area (Å²) >= 11 is 0. The van der Waals surface area contributed by atoms with Gasteiger partial charge in [-0.05, 0) is 31.4 Å². The molecule has 0 fully saturated rings. The Kier molecular flexibility index (Phi) is 6.17. The Balaban J connectivity index is 2.48. The molecule has 1 aromatic rings. The van der Waals surface area contributed by atoms with E-state index in [-0.39, 0.29) is 0 Å². The zero-order valence-electron chi connectivity index (χ0n) is 12.5. The van der Waals surface area contributed by atoms with Crippen molar-refractivity contribution < 1.29 is 15.0 Å². The molecule has 20 heavy (non-hydrogen) atoms. The third-order valence-electron chi connectivity index (χ3n) is 3.47. The van der Waals surface area contributed by atoms with E-state index >= 15 is 0 Å². The van der Waals surface area contributed by atoms with Gasteiger partial charge in [0.1, 0.15) is 0 Å². The van der Waals surface area contributed by atoms with Gasteiger partial charge >= 0.3 is 5.97 Å². The van der Waals surface area contributed by atoms with Crippen molar-refractivity contribution in [3.05, 3.63) is 35.4 Å². The molecule has 112 valence electrons. The van der Waals surface area contributed by atoms with Gasteiger partial charge in [0, 0.05) is 13.1 Å². The molecule has 2 unspecified atom stereocenters. The lowest BCUT2D eigenvalue weighted by molar-refractivity contribution is -0.138. The maximum Gasteiger partial charge on any atom is 0.310 e. The quantitative estimate of drug-likeness (QED) is 0.684. The fourth-order valence-electron chi connectivity index (χ4n) is 2.17. The van der Waals surface area contributed by atoms with Crippen molar-refractivity contribution in [2.24, 2.45) is 0 Å². The van der Waals surface area contributed by atoms with Gasteiger partial charge in [-0.3, -0.25) is 4.79 Å². The predicted molar refractivity (Wildman–Crippen MR) is 79.7 cm³/mol. The van der Waals surface area contributed by atoms with Crippen LogP contribution < -0.4 is 5.32 Å². The van der Waals surface area contributed by atoms with Crippen molar-refractivity contribution in [1.82, 2.24) is 5.32 Å². The van der Waals surface area contributed by atoms with E-state index in [9.17, 15) is 9.90 Å². The van der Waals surface area contributed by atoms with Crippen molar-refractivity contribution >= 4 is 5.97 Å². The number of aliphatic carboxylic acids is 1. The van der Waals surface area contributed by atoms with Gasteiger partial charge in [0.15, 0.2) is 0 Å². The maximum absolute atomic E-state index is 10.9. The highest BCUT2D eigenvalue weighted by Crippen LogP contribution is 2.16. The van der Waals surface area contributed by atoms with E-state index in [4.69, 9.17) is 5.11 Å². The van der Waals surface area contributed by atoms with Crippen LogP contribution in [-0.2, 0) is 11.3 Å². The number of aliphatic hydroxyl groups is 1. The highest BCUT2D eigenvalue weighted by molar-refractivity contribution is 5.75. The normalized spacial score (nSPS) is 15.6. The average Bonchev–Trinajstić information content (AvgIpc) is 2.38. The Bertz CT molecular complexity index is 426. The first-order chi connectivity index (χ1) is 9.35. The minimum absolute atomic E-state index is 0.484. The van der Waals surface area contributed by atoms with E-state index in [2.05, 4.69) is 12.2 Å². The highest BCUT2D eigenvalue weighted by atomic mass is 16.4. The van der Waals surface area contributed by atoms with E-state index in [1.165, 1.54) is 0 Å². The number of rotatable bonds is 8. The Hall–Kier alpha value is -1.39. The smallest absolute Gasteiger partial charge is 0.310 e. The molecular formula is C16H25NO3. The molecule has 0 aliphatic heterocycles. The molecular weight excluding hydrogens is 254 g/mol. The zero-order chi connectivity index (χ0) is 15.2. The molecule has 0 bridgehead atoms. The SMILES string of the molecule is CCCC(C)(O)CNCc1ccc(C(C)C(=O)O)cc1. The molecule has 1 aromatic carbocycles. The molecule has 0 heterocycles. The second-order valence-electron chi connectivity index (χ2n) is 5.65. The van der Waals surface area contributed by atoms with Gasteiger partial charge in [-0.2, -0.15) is 0 Å². The summed E-state index contributed by atoms with van der Waals surface area (Å²) in [5.41, 5.74) is 1.21. The van der Waals surface area contributed by atoms with Gasteiger partial charge in [-0.15, -0.1) is 0 Å². The van der Waals surface area contributed by atoms with Crippen LogP contribution in [0.5, 0.6) is 0 Å². The second-order valence-corrected chi connectivity index (χ2v) is 5.65. The topological polar surface area (TPSA) is 69.6 Å². The lowest BCUT2D eigenvalue weighted by Crippen LogP contribution is -2.37. The summed E-state index contributed by atoms with van der Waals surface area (Å²) in [4.78, 5) is 10.9. The molecule has 2 atom stereocenters. The second kappa shape index (κ2) is 7.41. The van der Waals surface area contributed by atoms with Crippen LogP contribution in [0.15, 0.2) is 24.3 Å². The molecule has 0 saturated heterocycles. The van der Waals surface area contributed by atoms with Crippen LogP contribution in [0, 0.1) is 0 Å². The van der Waals surface area contributed by atoms with Gasteiger partial charge in [-0.25, -0.2) is 0 Å². The first-order valence-corrected chi connectivity index (χ1v) is 7.10.